The van der Waals surface area contributed by atoms with Gasteiger partial charge in [0, 0.05) is 19.0 Å². The third-order valence-corrected chi connectivity index (χ3v) is 3.45. The zero-order chi connectivity index (χ0) is 15.5. The quantitative estimate of drug-likeness (QED) is 0.675. The Labute approximate surface area is 128 Å². The molecule has 0 aliphatic rings. The maximum absolute atomic E-state index is 11.6. The van der Waals surface area contributed by atoms with E-state index in [1.54, 1.807) is 0 Å². The average Bonchev–Trinajstić information content (AvgIpc) is 2.89. The summed E-state index contributed by atoms with van der Waals surface area (Å²) in [5.74, 6) is 1.64. The molecule has 0 aliphatic heterocycles. The molecule has 3 N–H and O–H groups in total. The van der Waals surface area contributed by atoms with Crippen molar-refractivity contribution in [3.05, 3.63) is 52.2 Å². The summed E-state index contributed by atoms with van der Waals surface area (Å²) in [5, 5.41) is 3.15. The topological polar surface area (TPSA) is 86.5 Å². The molecule has 1 aromatic carbocycles. The number of para-hydroxylation sites is 2. The molecule has 6 nitrogen and oxygen atoms in total. The average molecular weight is 297 g/mol. The van der Waals surface area contributed by atoms with Gasteiger partial charge in [0.05, 0.1) is 16.7 Å². The molecule has 3 rings (SSSR count). The predicted octanol–water partition coefficient (Wildman–Crippen LogP) is 2.42. The number of anilines is 1. The first-order valence-corrected chi connectivity index (χ1v) is 7.40. The molecule has 0 saturated heterocycles. The van der Waals surface area contributed by atoms with Gasteiger partial charge in [-0.15, -0.1) is 0 Å². The Hall–Kier alpha value is -2.63. The first kappa shape index (κ1) is 14.3. The summed E-state index contributed by atoms with van der Waals surface area (Å²) in [7, 11) is 0. The van der Waals surface area contributed by atoms with Gasteiger partial charge < -0.3 is 10.3 Å². The molecule has 0 spiro atoms. The highest BCUT2D eigenvalue weighted by atomic mass is 16.1. The van der Waals surface area contributed by atoms with Crippen LogP contribution in [0.15, 0.2) is 35.1 Å². The monoisotopic (exact) mass is 297 g/mol. The SMILES string of the molecule is CC(C)c1cc(=O)[nH]c(NCCc2nc3ccccc3[nH]2)n1. The molecule has 0 amide bonds. The maximum Gasteiger partial charge on any atom is 0.252 e. The molecule has 114 valence electrons. The normalized spacial score (nSPS) is 11.2. The summed E-state index contributed by atoms with van der Waals surface area (Å²) in [6.07, 6.45) is 0.726. The number of benzene rings is 1. The molecule has 0 saturated carbocycles. The number of hydrogen-bond donors (Lipinski definition) is 3. The lowest BCUT2D eigenvalue weighted by molar-refractivity contribution is 0.806. The predicted molar refractivity (Wildman–Crippen MR) is 87.2 cm³/mol. The minimum atomic E-state index is -0.134. The van der Waals surface area contributed by atoms with Crippen LogP contribution in [0.5, 0.6) is 0 Å². The zero-order valence-electron chi connectivity index (χ0n) is 12.7. The van der Waals surface area contributed by atoms with E-state index in [4.69, 9.17) is 0 Å². The van der Waals surface area contributed by atoms with E-state index in [0.717, 1.165) is 29.0 Å². The minimum absolute atomic E-state index is 0.134. The van der Waals surface area contributed by atoms with Gasteiger partial charge in [-0.2, -0.15) is 0 Å². The third kappa shape index (κ3) is 3.16. The Balaban J connectivity index is 1.66. The minimum Gasteiger partial charge on any atom is -0.355 e. The smallest absolute Gasteiger partial charge is 0.252 e. The Bertz CT molecular complexity index is 801. The molecular formula is C16H19N5O. The number of imidazole rings is 1. The number of hydrogen-bond acceptors (Lipinski definition) is 4. The second-order valence-corrected chi connectivity index (χ2v) is 5.55. The van der Waals surface area contributed by atoms with Crippen molar-refractivity contribution in [1.29, 1.82) is 0 Å². The van der Waals surface area contributed by atoms with Crippen molar-refractivity contribution in [3.63, 3.8) is 0 Å². The van der Waals surface area contributed by atoms with Crippen molar-refractivity contribution in [2.45, 2.75) is 26.2 Å². The molecule has 6 heteroatoms. The molecule has 22 heavy (non-hydrogen) atoms. The van der Waals surface area contributed by atoms with E-state index < -0.39 is 0 Å². The summed E-state index contributed by atoms with van der Waals surface area (Å²) in [4.78, 5) is 26.5. The van der Waals surface area contributed by atoms with E-state index in [1.165, 1.54) is 6.07 Å². The van der Waals surface area contributed by atoms with Crippen LogP contribution in [0.1, 0.15) is 31.3 Å². The van der Waals surface area contributed by atoms with E-state index in [0.29, 0.717) is 12.5 Å². The van der Waals surface area contributed by atoms with Gasteiger partial charge in [-0.05, 0) is 18.1 Å². The van der Waals surface area contributed by atoms with Gasteiger partial charge in [0.25, 0.3) is 5.56 Å². The van der Waals surface area contributed by atoms with Gasteiger partial charge in [-0.1, -0.05) is 26.0 Å². The Morgan fingerprint density at radius 1 is 1.18 bits per heavy atom. The molecule has 0 aliphatic carbocycles. The van der Waals surface area contributed by atoms with Crippen molar-refractivity contribution < 1.29 is 0 Å². The van der Waals surface area contributed by atoms with Crippen molar-refractivity contribution in [3.8, 4) is 0 Å². The fourth-order valence-electron chi connectivity index (χ4n) is 2.28. The van der Waals surface area contributed by atoms with Crippen molar-refractivity contribution in [1.82, 2.24) is 19.9 Å². The molecule has 0 fully saturated rings. The van der Waals surface area contributed by atoms with Crippen LogP contribution in [-0.2, 0) is 6.42 Å². The van der Waals surface area contributed by atoms with Gasteiger partial charge in [0.2, 0.25) is 5.95 Å². The third-order valence-electron chi connectivity index (χ3n) is 3.45. The summed E-state index contributed by atoms with van der Waals surface area (Å²) < 4.78 is 0. The number of aromatic nitrogens is 4. The van der Waals surface area contributed by atoms with Crippen molar-refractivity contribution >= 4 is 17.0 Å². The Morgan fingerprint density at radius 3 is 2.77 bits per heavy atom. The van der Waals surface area contributed by atoms with Gasteiger partial charge in [0.15, 0.2) is 0 Å². The summed E-state index contributed by atoms with van der Waals surface area (Å²) in [5.41, 5.74) is 2.65. The van der Waals surface area contributed by atoms with Crippen LogP contribution in [-0.4, -0.2) is 26.5 Å². The second kappa shape index (κ2) is 6.01. The standard InChI is InChI=1S/C16H19N5O/c1-10(2)13-9-15(22)21-16(20-13)17-8-7-14-18-11-5-3-4-6-12(11)19-14/h3-6,9-10H,7-8H2,1-2H3,(H,18,19)(H2,17,20,21,22). The molecule has 0 atom stereocenters. The van der Waals surface area contributed by atoms with Crippen LogP contribution in [0, 0.1) is 0 Å². The summed E-state index contributed by atoms with van der Waals surface area (Å²) in [6.45, 7) is 4.67. The Morgan fingerprint density at radius 2 is 2.00 bits per heavy atom. The highest BCUT2D eigenvalue weighted by Gasteiger charge is 2.06. The maximum atomic E-state index is 11.6. The molecular weight excluding hydrogens is 278 g/mol. The van der Waals surface area contributed by atoms with Crippen molar-refractivity contribution in [2.24, 2.45) is 0 Å². The fourth-order valence-corrected chi connectivity index (χ4v) is 2.28. The molecule has 0 radical (unpaired) electrons. The summed E-state index contributed by atoms with van der Waals surface area (Å²) >= 11 is 0. The fraction of sp³-hybridized carbons (Fsp3) is 0.312. The molecule has 3 aromatic rings. The molecule has 2 aromatic heterocycles. The van der Waals surface area contributed by atoms with E-state index >= 15 is 0 Å². The number of nitrogens with one attached hydrogen (secondary N) is 3. The number of fused-ring (bicyclic) bond motifs is 1. The van der Waals surface area contributed by atoms with Crippen LogP contribution in [0.25, 0.3) is 11.0 Å². The van der Waals surface area contributed by atoms with Crippen LogP contribution in [0.2, 0.25) is 0 Å². The molecule has 0 bridgehead atoms. The highest BCUT2D eigenvalue weighted by molar-refractivity contribution is 5.74. The van der Waals surface area contributed by atoms with E-state index in [1.807, 2.05) is 38.1 Å². The lowest BCUT2D eigenvalue weighted by Crippen LogP contribution is -2.16. The lowest BCUT2D eigenvalue weighted by Gasteiger charge is -2.08. The lowest BCUT2D eigenvalue weighted by atomic mass is 10.1. The largest absolute Gasteiger partial charge is 0.355 e. The first-order chi connectivity index (χ1) is 10.6. The zero-order valence-corrected chi connectivity index (χ0v) is 12.7. The number of nitrogens with zero attached hydrogens (tertiary/aromatic N) is 2. The van der Waals surface area contributed by atoms with Crippen LogP contribution in [0.4, 0.5) is 5.95 Å². The first-order valence-electron chi connectivity index (χ1n) is 7.40. The van der Waals surface area contributed by atoms with Gasteiger partial charge >= 0.3 is 0 Å². The van der Waals surface area contributed by atoms with Crippen LogP contribution in [0.3, 0.4) is 0 Å². The molecule has 0 unspecified atom stereocenters. The highest BCUT2D eigenvalue weighted by Crippen LogP contribution is 2.12. The van der Waals surface area contributed by atoms with Gasteiger partial charge in [-0.25, -0.2) is 9.97 Å². The second-order valence-electron chi connectivity index (χ2n) is 5.55. The van der Waals surface area contributed by atoms with E-state index in [-0.39, 0.29) is 11.5 Å². The van der Waals surface area contributed by atoms with Gasteiger partial charge in [0.1, 0.15) is 5.82 Å². The Kier molecular flexibility index (Phi) is 3.91. The van der Waals surface area contributed by atoms with E-state index in [9.17, 15) is 4.79 Å². The van der Waals surface area contributed by atoms with Crippen molar-refractivity contribution in [2.75, 3.05) is 11.9 Å². The number of aromatic amines is 2. The molecule has 2 heterocycles. The van der Waals surface area contributed by atoms with Crippen LogP contribution >= 0.6 is 0 Å². The summed E-state index contributed by atoms with van der Waals surface area (Å²) in [6, 6.07) is 9.47. The van der Waals surface area contributed by atoms with Crippen LogP contribution < -0.4 is 10.9 Å². The number of rotatable bonds is 5. The van der Waals surface area contributed by atoms with E-state index in [2.05, 4.69) is 25.3 Å². The van der Waals surface area contributed by atoms with Gasteiger partial charge in [-0.3, -0.25) is 9.78 Å². The number of H-pyrrole nitrogens is 2.